The van der Waals surface area contributed by atoms with E-state index < -0.39 is 0 Å². The van der Waals surface area contributed by atoms with E-state index in [9.17, 15) is 4.79 Å². The van der Waals surface area contributed by atoms with E-state index in [2.05, 4.69) is 15.5 Å². The lowest BCUT2D eigenvalue weighted by Gasteiger charge is -2.32. The van der Waals surface area contributed by atoms with Crippen LogP contribution in [0.3, 0.4) is 0 Å². The van der Waals surface area contributed by atoms with E-state index in [1.807, 2.05) is 19.1 Å². The van der Waals surface area contributed by atoms with E-state index in [0.29, 0.717) is 5.92 Å². The zero-order valence-corrected chi connectivity index (χ0v) is 12.2. The summed E-state index contributed by atoms with van der Waals surface area (Å²) in [6.07, 6.45) is 5.05. The fourth-order valence-corrected chi connectivity index (χ4v) is 2.62. The van der Waals surface area contributed by atoms with Crippen LogP contribution in [0.1, 0.15) is 31.9 Å². The zero-order chi connectivity index (χ0) is 14.2. The first-order valence-electron chi connectivity index (χ1n) is 7.54. The summed E-state index contributed by atoms with van der Waals surface area (Å²) < 4.78 is 5.39. The number of carbonyl (C=O) groups is 1. The summed E-state index contributed by atoms with van der Waals surface area (Å²) in [5.41, 5.74) is 0. The molecule has 112 valence electrons. The minimum atomic E-state index is -0.0463. The molecule has 0 spiro atoms. The molecule has 2 amide bonds. The summed E-state index contributed by atoms with van der Waals surface area (Å²) in [5, 5.41) is 5.81. The summed E-state index contributed by atoms with van der Waals surface area (Å²) in [5.74, 6) is 1.55. The van der Waals surface area contributed by atoms with Crippen LogP contribution in [0.5, 0.6) is 0 Å². The van der Waals surface area contributed by atoms with E-state index in [1.54, 1.807) is 6.26 Å². The first kappa shape index (κ1) is 14.9. The Morgan fingerprint density at radius 3 is 3.15 bits per heavy atom. The zero-order valence-electron chi connectivity index (χ0n) is 12.2. The summed E-state index contributed by atoms with van der Waals surface area (Å²) in [7, 11) is 0. The molecule has 1 fully saturated rings. The number of hydrogen-bond donors (Lipinski definition) is 2. The number of nitrogens with one attached hydrogen (secondary N) is 2. The minimum Gasteiger partial charge on any atom is -0.468 e. The van der Waals surface area contributed by atoms with Crippen molar-refractivity contribution in [3.8, 4) is 0 Å². The van der Waals surface area contributed by atoms with Crippen molar-refractivity contribution in [1.29, 1.82) is 0 Å². The molecule has 1 aromatic heterocycles. The van der Waals surface area contributed by atoms with Crippen LogP contribution in [0.2, 0.25) is 0 Å². The second-order valence-corrected chi connectivity index (χ2v) is 5.46. The molecule has 0 aliphatic carbocycles. The summed E-state index contributed by atoms with van der Waals surface area (Å²) >= 11 is 0. The number of nitrogens with zero attached hydrogens (tertiary/aromatic N) is 1. The average molecular weight is 279 g/mol. The van der Waals surface area contributed by atoms with Crippen molar-refractivity contribution in [3.63, 3.8) is 0 Å². The maximum absolute atomic E-state index is 11.5. The molecule has 0 bridgehead atoms. The predicted octanol–water partition coefficient (Wildman–Crippen LogP) is 2.20. The first-order valence-corrected chi connectivity index (χ1v) is 7.54. The minimum absolute atomic E-state index is 0.0463. The first-order chi connectivity index (χ1) is 9.78. The number of piperidine rings is 1. The van der Waals surface area contributed by atoms with Crippen molar-refractivity contribution in [2.24, 2.45) is 5.92 Å². The van der Waals surface area contributed by atoms with Crippen molar-refractivity contribution in [1.82, 2.24) is 15.5 Å². The predicted molar refractivity (Wildman–Crippen MR) is 78.4 cm³/mol. The van der Waals surface area contributed by atoms with E-state index in [4.69, 9.17) is 4.42 Å². The van der Waals surface area contributed by atoms with Crippen molar-refractivity contribution >= 4 is 6.03 Å². The number of amides is 2. The van der Waals surface area contributed by atoms with Crippen LogP contribution in [0.25, 0.3) is 0 Å². The van der Waals surface area contributed by atoms with Gasteiger partial charge in [-0.1, -0.05) is 6.92 Å². The molecule has 20 heavy (non-hydrogen) atoms. The molecule has 1 aliphatic rings. The van der Waals surface area contributed by atoms with Gasteiger partial charge in [-0.3, -0.25) is 4.90 Å². The van der Waals surface area contributed by atoms with Gasteiger partial charge in [-0.2, -0.15) is 0 Å². The molecule has 1 atom stereocenters. The molecule has 1 aliphatic heterocycles. The normalized spacial score (nSPS) is 19.8. The van der Waals surface area contributed by atoms with Gasteiger partial charge < -0.3 is 15.1 Å². The fraction of sp³-hybridized carbons (Fsp3) is 0.667. The van der Waals surface area contributed by atoms with Gasteiger partial charge in [-0.25, -0.2) is 4.79 Å². The topological polar surface area (TPSA) is 57.5 Å². The molecule has 0 aromatic carbocycles. The molecule has 5 nitrogen and oxygen atoms in total. The van der Waals surface area contributed by atoms with Gasteiger partial charge in [-0.15, -0.1) is 0 Å². The Bertz CT molecular complexity index is 392. The molecule has 1 saturated heterocycles. The molecule has 0 radical (unpaired) electrons. The van der Waals surface area contributed by atoms with Crippen LogP contribution < -0.4 is 10.6 Å². The fourth-order valence-electron chi connectivity index (χ4n) is 2.62. The van der Waals surface area contributed by atoms with Crippen molar-refractivity contribution in [2.45, 2.75) is 32.7 Å². The SMILES string of the molecule is CCCNC(=O)NCC1CCCN(Cc2ccco2)C1. The Morgan fingerprint density at radius 2 is 2.40 bits per heavy atom. The quantitative estimate of drug-likeness (QED) is 0.839. The molecule has 1 unspecified atom stereocenters. The number of urea groups is 1. The Labute approximate surface area is 120 Å². The smallest absolute Gasteiger partial charge is 0.314 e. The molecule has 2 rings (SSSR count). The highest BCUT2D eigenvalue weighted by Crippen LogP contribution is 2.18. The molecule has 2 N–H and O–H groups in total. The summed E-state index contributed by atoms with van der Waals surface area (Å²) in [6.45, 7) is 6.54. The Balaban J connectivity index is 1.69. The molecular formula is C15H25N3O2. The van der Waals surface area contributed by atoms with Gasteiger partial charge in [0, 0.05) is 19.6 Å². The molecular weight excluding hydrogens is 254 g/mol. The maximum atomic E-state index is 11.5. The molecule has 2 heterocycles. The third kappa shape index (κ3) is 4.89. The van der Waals surface area contributed by atoms with Gasteiger partial charge >= 0.3 is 6.03 Å². The van der Waals surface area contributed by atoms with Gasteiger partial charge in [0.15, 0.2) is 0 Å². The second kappa shape index (κ2) is 7.94. The Morgan fingerprint density at radius 1 is 1.50 bits per heavy atom. The lowest BCUT2D eigenvalue weighted by atomic mass is 9.98. The lowest BCUT2D eigenvalue weighted by molar-refractivity contribution is 0.155. The lowest BCUT2D eigenvalue weighted by Crippen LogP contribution is -2.43. The van der Waals surface area contributed by atoms with Crippen LogP contribution in [-0.4, -0.2) is 37.1 Å². The van der Waals surface area contributed by atoms with Gasteiger partial charge in [-0.05, 0) is 43.9 Å². The summed E-state index contributed by atoms with van der Waals surface area (Å²) in [6, 6.07) is 3.89. The Hall–Kier alpha value is -1.49. The number of carbonyl (C=O) groups excluding carboxylic acids is 1. The highest BCUT2D eigenvalue weighted by molar-refractivity contribution is 5.73. The number of hydrogen-bond acceptors (Lipinski definition) is 3. The van der Waals surface area contributed by atoms with E-state index in [-0.39, 0.29) is 6.03 Å². The molecule has 1 aromatic rings. The highest BCUT2D eigenvalue weighted by Gasteiger charge is 2.20. The highest BCUT2D eigenvalue weighted by atomic mass is 16.3. The number of furan rings is 1. The molecule has 0 saturated carbocycles. The monoisotopic (exact) mass is 279 g/mol. The largest absolute Gasteiger partial charge is 0.468 e. The second-order valence-electron chi connectivity index (χ2n) is 5.46. The van der Waals surface area contributed by atoms with Crippen LogP contribution in [-0.2, 0) is 6.54 Å². The average Bonchev–Trinajstić information content (AvgIpc) is 2.96. The van der Waals surface area contributed by atoms with Crippen LogP contribution >= 0.6 is 0 Å². The van der Waals surface area contributed by atoms with Gasteiger partial charge in [0.25, 0.3) is 0 Å². The molecule has 5 heteroatoms. The van der Waals surface area contributed by atoms with Crippen LogP contribution in [0.4, 0.5) is 4.79 Å². The van der Waals surface area contributed by atoms with Crippen molar-refractivity contribution in [2.75, 3.05) is 26.2 Å². The van der Waals surface area contributed by atoms with E-state index >= 15 is 0 Å². The van der Waals surface area contributed by atoms with Gasteiger partial charge in [0.05, 0.1) is 12.8 Å². The van der Waals surface area contributed by atoms with Crippen LogP contribution in [0, 0.1) is 5.92 Å². The van der Waals surface area contributed by atoms with Crippen molar-refractivity contribution < 1.29 is 9.21 Å². The third-order valence-electron chi connectivity index (χ3n) is 3.65. The van der Waals surface area contributed by atoms with E-state index in [0.717, 1.165) is 44.9 Å². The van der Waals surface area contributed by atoms with Gasteiger partial charge in [0.1, 0.15) is 5.76 Å². The van der Waals surface area contributed by atoms with Crippen LogP contribution in [0.15, 0.2) is 22.8 Å². The maximum Gasteiger partial charge on any atom is 0.314 e. The van der Waals surface area contributed by atoms with E-state index in [1.165, 1.54) is 12.8 Å². The number of rotatable bonds is 6. The third-order valence-corrected chi connectivity index (χ3v) is 3.65. The summed E-state index contributed by atoms with van der Waals surface area (Å²) in [4.78, 5) is 13.9. The van der Waals surface area contributed by atoms with Crippen molar-refractivity contribution in [3.05, 3.63) is 24.2 Å². The standard InChI is InChI=1S/C15H25N3O2/c1-2-7-16-15(19)17-10-13-5-3-8-18(11-13)12-14-6-4-9-20-14/h4,6,9,13H,2-3,5,7-8,10-12H2,1H3,(H2,16,17,19). The Kier molecular flexibility index (Phi) is 5.92. The van der Waals surface area contributed by atoms with Gasteiger partial charge in [0.2, 0.25) is 0 Å². The number of likely N-dealkylation sites (tertiary alicyclic amines) is 1.